The van der Waals surface area contributed by atoms with E-state index in [1.807, 2.05) is 36.4 Å². The molecule has 2 rings (SSSR count). The lowest BCUT2D eigenvalue weighted by Crippen LogP contribution is -2.31. The van der Waals surface area contributed by atoms with Crippen molar-refractivity contribution in [3.8, 4) is 0 Å². The molecular formula is C14H15NO3. The number of hydrogen-bond donors (Lipinski definition) is 1. The van der Waals surface area contributed by atoms with Crippen molar-refractivity contribution in [2.24, 2.45) is 0 Å². The standard InChI is InChI=1S/C14H15NO3/c1-17-10-13(16)15-14(12-8-5-9-18-12)11-6-3-2-4-7-11/h2-9,14H,10H2,1H3,(H,15,16). The number of hydrogen-bond acceptors (Lipinski definition) is 3. The van der Waals surface area contributed by atoms with Crippen LogP contribution in [-0.4, -0.2) is 19.6 Å². The van der Waals surface area contributed by atoms with Gasteiger partial charge < -0.3 is 14.5 Å². The Morgan fingerprint density at radius 2 is 2.06 bits per heavy atom. The normalized spacial score (nSPS) is 12.1. The third-order valence-corrected chi connectivity index (χ3v) is 2.54. The Morgan fingerprint density at radius 1 is 1.28 bits per heavy atom. The third-order valence-electron chi connectivity index (χ3n) is 2.54. The van der Waals surface area contributed by atoms with Gasteiger partial charge in [0.25, 0.3) is 0 Å². The number of carbonyl (C=O) groups excluding carboxylic acids is 1. The summed E-state index contributed by atoms with van der Waals surface area (Å²) >= 11 is 0. The maximum atomic E-state index is 11.6. The smallest absolute Gasteiger partial charge is 0.246 e. The van der Waals surface area contributed by atoms with E-state index in [4.69, 9.17) is 9.15 Å². The van der Waals surface area contributed by atoms with Crippen LogP contribution in [0, 0.1) is 0 Å². The number of amides is 1. The van der Waals surface area contributed by atoms with Crippen molar-refractivity contribution in [2.75, 3.05) is 13.7 Å². The van der Waals surface area contributed by atoms with E-state index in [1.54, 1.807) is 12.3 Å². The van der Waals surface area contributed by atoms with Crippen LogP contribution in [0.2, 0.25) is 0 Å². The zero-order valence-electron chi connectivity index (χ0n) is 10.1. The molecule has 0 aliphatic carbocycles. The molecule has 0 fully saturated rings. The van der Waals surface area contributed by atoms with Gasteiger partial charge in [-0.25, -0.2) is 0 Å². The molecule has 4 heteroatoms. The molecule has 18 heavy (non-hydrogen) atoms. The molecule has 0 aliphatic heterocycles. The van der Waals surface area contributed by atoms with Crippen molar-refractivity contribution in [1.82, 2.24) is 5.32 Å². The number of carbonyl (C=O) groups is 1. The second-order valence-corrected chi connectivity index (χ2v) is 3.86. The summed E-state index contributed by atoms with van der Waals surface area (Å²) in [4.78, 5) is 11.6. The molecule has 0 saturated heterocycles. The predicted molar refractivity (Wildman–Crippen MR) is 67.0 cm³/mol. The van der Waals surface area contributed by atoms with Crippen molar-refractivity contribution < 1.29 is 13.9 Å². The first-order valence-electron chi connectivity index (χ1n) is 5.68. The molecule has 0 aliphatic rings. The van der Waals surface area contributed by atoms with E-state index in [1.165, 1.54) is 7.11 Å². The topological polar surface area (TPSA) is 51.5 Å². The molecule has 0 spiro atoms. The summed E-state index contributed by atoms with van der Waals surface area (Å²) in [7, 11) is 1.49. The number of nitrogens with one attached hydrogen (secondary N) is 1. The van der Waals surface area contributed by atoms with Crippen molar-refractivity contribution in [3.05, 3.63) is 60.1 Å². The molecule has 4 nitrogen and oxygen atoms in total. The highest BCUT2D eigenvalue weighted by atomic mass is 16.5. The first kappa shape index (κ1) is 12.4. The summed E-state index contributed by atoms with van der Waals surface area (Å²) in [5, 5.41) is 2.88. The summed E-state index contributed by atoms with van der Waals surface area (Å²) in [6, 6.07) is 13.0. The van der Waals surface area contributed by atoms with Crippen molar-refractivity contribution in [2.45, 2.75) is 6.04 Å². The number of benzene rings is 1. The summed E-state index contributed by atoms with van der Waals surface area (Å²) in [6.07, 6.45) is 1.59. The number of ether oxygens (including phenoxy) is 1. The van der Waals surface area contributed by atoms with Gasteiger partial charge in [-0.3, -0.25) is 4.79 Å². The van der Waals surface area contributed by atoms with E-state index in [-0.39, 0.29) is 18.6 Å². The molecule has 1 N–H and O–H groups in total. The van der Waals surface area contributed by atoms with E-state index in [9.17, 15) is 4.79 Å². The van der Waals surface area contributed by atoms with Gasteiger partial charge in [0, 0.05) is 7.11 Å². The second kappa shape index (κ2) is 6.02. The fourth-order valence-electron chi connectivity index (χ4n) is 1.75. The Morgan fingerprint density at radius 3 is 2.67 bits per heavy atom. The minimum absolute atomic E-state index is 0.0318. The molecule has 1 aromatic heterocycles. The maximum Gasteiger partial charge on any atom is 0.246 e. The van der Waals surface area contributed by atoms with Gasteiger partial charge in [0.1, 0.15) is 18.4 Å². The van der Waals surface area contributed by atoms with Crippen LogP contribution in [0.1, 0.15) is 17.4 Å². The Kier molecular flexibility index (Phi) is 4.15. The van der Waals surface area contributed by atoms with Gasteiger partial charge in [-0.15, -0.1) is 0 Å². The van der Waals surface area contributed by atoms with Crippen LogP contribution in [0.4, 0.5) is 0 Å². The minimum Gasteiger partial charge on any atom is -0.467 e. The molecule has 1 amide bonds. The number of furan rings is 1. The van der Waals surface area contributed by atoms with E-state index < -0.39 is 0 Å². The molecule has 1 atom stereocenters. The van der Waals surface area contributed by atoms with Gasteiger partial charge in [0.2, 0.25) is 5.91 Å². The molecule has 0 radical (unpaired) electrons. The highest BCUT2D eigenvalue weighted by molar-refractivity contribution is 5.78. The first-order valence-corrected chi connectivity index (χ1v) is 5.68. The largest absolute Gasteiger partial charge is 0.467 e. The van der Waals surface area contributed by atoms with Crippen LogP contribution in [0.15, 0.2) is 53.1 Å². The van der Waals surface area contributed by atoms with Crippen LogP contribution in [-0.2, 0) is 9.53 Å². The van der Waals surface area contributed by atoms with Gasteiger partial charge in [-0.2, -0.15) is 0 Å². The van der Waals surface area contributed by atoms with Gasteiger partial charge in [0.05, 0.1) is 6.26 Å². The summed E-state index contributed by atoms with van der Waals surface area (Å²) in [5.74, 6) is 0.522. The summed E-state index contributed by atoms with van der Waals surface area (Å²) < 4.78 is 10.2. The van der Waals surface area contributed by atoms with Crippen LogP contribution < -0.4 is 5.32 Å². The molecule has 0 saturated carbocycles. The first-order chi connectivity index (χ1) is 8.81. The Hall–Kier alpha value is -2.07. The van der Waals surface area contributed by atoms with Crippen LogP contribution in [0.3, 0.4) is 0 Å². The van der Waals surface area contributed by atoms with Gasteiger partial charge in [-0.1, -0.05) is 30.3 Å². The molecule has 94 valence electrons. The van der Waals surface area contributed by atoms with Gasteiger partial charge in [0.15, 0.2) is 0 Å². The van der Waals surface area contributed by atoms with Crippen LogP contribution >= 0.6 is 0 Å². The number of methoxy groups -OCH3 is 1. The Labute approximate surface area is 106 Å². The van der Waals surface area contributed by atoms with E-state index in [0.717, 1.165) is 5.56 Å². The van der Waals surface area contributed by atoms with E-state index >= 15 is 0 Å². The summed E-state index contributed by atoms with van der Waals surface area (Å²) in [6.45, 7) is 0.0318. The van der Waals surface area contributed by atoms with Crippen LogP contribution in [0.25, 0.3) is 0 Å². The third kappa shape index (κ3) is 2.99. The zero-order chi connectivity index (χ0) is 12.8. The fraction of sp³-hybridized carbons (Fsp3) is 0.214. The van der Waals surface area contributed by atoms with Crippen molar-refractivity contribution in [3.63, 3.8) is 0 Å². The van der Waals surface area contributed by atoms with E-state index in [0.29, 0.717) is 5.76 Å². The zero-order valence-corrected chi connectivity index (χ0v) is 10.1. The average Bonchev–Trinajstić information content (AvgIpc) is 2.91. The van der Waals surface area contributed by atoms with Gasteiger partial charge in [-0.05, 0) is 17.7 Å². The Balaban J connectivity index is 2.22. The Bertz CT molecular complexity index is 479. The number of rotatable bonds is 5. The van der Waals surface area contributed by atoms with Gasteiger partial charge >= 0.3 is 0 Å². The maximum absolute atomic E-state index is 11.6. The lowest BCUT2D eigenvalue weighted by Gasteiger charge is -2.16. The second-order valence-electron chi connectivity index (χ2n) is 3.86. The highest BCUT2D eigenvalue weighted by Gasteiger charge is 2.18. The summed E-state index contributed by atoms with van der Waals surface area (Å²) in [5.41, 5.74) is 0.969. The predicted octanol–water partition coefficient (Wildman–Crippen LogP) is 2.13. The lowest BCUT2D eigenvalue weighted by atomic mass is 10.0. The fourth-order valence-corrected chi connectivity index (χ4v) is 1.75. The average molecular weight is 245 g/mol. The molecule has 1 heterocycles. The SMILES string of the molecule is COCC(=O)NC(c1ccccc1)c1ccco1. The van der Waals surface area contributed by atoms with Crippen LogP contribution in [0.5, 0.6) is 0 Å². The molecule has 2 aromatic rings. The van der Waals surface area contributed by atoms with Crippen molar-refractivity contribution in [1.29, 1.82) is 0 Å². The monoisotopic (exact) mass is 245 g/mol. The molecule has 0 bridgehead atoms. The minimum atomic E-state index is -0.288. The lowest BCUT2D eigenvalue weighted by molar-refractivity contribution is -0.125. The van der Waals surface area contributed by atoms with Crippen molar-refractivity contribution >= 4 is 5.91 Å². The highest BCUT2D eigenvalue weighted by Crippen LogP contribution is 2.22. The molecule has 1 aromatic carbocycles. The molecular weight excluding hydrogens is 230 g/mol. The quantitative estimate of drug-likeness (QED) is 0.878. The molecule has 1 unspecified atom stereocenters. The van der Waals surface area contributed by atoms with E-state index in [2.05, 4.69) is 5.32 Å².